The van der Waals surface area contributed by atoms with Gasteiger partial charge >= 0.3 is 34.1 Å². The van der Waals surface area contributed by atoms with Crippen LogP contribution in [0.15, 0.2) is 204 Å². The molecule has 14 heteroatoms. The van der Waals surface area contributed by atoms with E-state index in [-0.39, 0.29) is 57.2 Å². The second kappa shape index (κ2) is 24.6. The van der Waals surface area contributed by atoms with Gasteiger partial charge in [-0.05, 0) is 108 Å². The van der Waals surface area contributed by atoms with Crippen molar-refractivity contribution in [2.45, 2.75) is 27.7 Å². The van der Waals surface area contributed by atoms with Crippen LogP contribution in [-0.4, -0.2) is 43.9 Å². The summed E-state index contributed by atoms with van der Waals surface area (Å²) in [7, 11) is 0. The van der Waals surface area contributed by atoms with E-state index in [1.165, 1.54) is 27.7 Å². The summed E-state index contributed by atoms with van der Waals surface area (Å²) in [4.78, 5) is 53.0. The Bertz CT molecular complexity index is 2970. The Balaban J connectivity index is 0.000000195. The summed E-state index contributed by atoms with van der Waals surface area (Å²) in [5.74, 6) is -0.750. The fraction of sp³-hybridized carbons (Fsp3) is 0.0741. The number of aliphatic imine (C=N–C) groups is 2. The van der Waals surface area contributed by atoms with Gasteiger partial charge < -0.3 is 30.1 Å². The summed E-state index contributed by atoms with van der Waals surface area (Å²) >= 11 is 0. The number of ketones is 2. The number of benzene rings is 2. The van der Waals surface area contributed by atoms with Crippen LogP contribution in [0.3, 0.4) is 0 Å². The third kappa shape index (κ3) is 13.2. The molecule has 0 bridgehead atoms. The fourth-order valence-corrected chi connectivity index (χ4v) is 7.24. The number of hydrogen-bond acceptors (Lipinski definition) is 8. The monoisotopic (exact) mass is 994 g/mol. The van der Waals surface area contributed by atoms with E-state index in [9.17, 15) is 19.8 Å². The van der Waals surface area contributed by atoms with E-state index in [2.05, 4.69) is 101 Å². The molecule has 6 aromatic heterocycles. The Morgan fingerprint density at radius 1 is 0.544 bits per heavy atom. The molecule has 2 aliphatic rings. The van der Waals surface area contributed by atoms with Crippen molar-refractivity contribution in [3.63, 3.8) is 0 Å². The predicted octanol–water partition coefficient (Wildman–Crippen LogP) is 8.85. The number of carbonyl (C=O) groups is 2. The van der Waals surface area contributed by atoms with E-state index < -0.39 is 0 Å². The summed E-state index contributed by atoms with van der Waals surface area (Å²) in [5, 5.41) is 22.2. The molecule has 0 atom stereocenters. The minimum absolute atomic E-state index is 0. The van der Waals surface area contributed by atoms with Crippen LogP contribution in [0.5, 0.6) is 0 Å². The van der Waals surface area contributed by atoms with E-state index in [0.717, 1.165) is 102 Å². The Morgan fingerprint density at radius 2 is 0.941 bits per heavy atom. The molecule has 2 aliphatic heterocycles. The summed E-state index contributed by atoms with van der Waals surface area (Å²) in [6.07, 6.45) is 24.9. The number of aromatic amines is 2. The number of aromatic nitrogens is 6. The number of hydrogen-bond donors (Lipinski definition) is 2. The van der Waals surface area contributed by atoms with Crippen LogP contribution in [0.4, 0.5) is 0 Å². The van der Waals surface area contributed by atoms with Crippen LogP contribution >= 0.6 is 0 Å². The molecule has 0 amide bonds. The Morgan fingerprint density at radius 3 is 1.24 bits per heavy atom. The number of nitrogens with one attached hydrogen (secondary N) is 2. The largest absolute Gasteiger partial charge is 2.00 e. The van der Waals surface area contributed by atoms with Gasteiger partial charge in [0.25, 0.3) is 0 Å². The third-order valence-electron chi connectivity index (χ3n) is 9.92. The van der Waals surface area contributed by atoms with Crippen molar-refractivity contribution in [3.05, 3.63) is 216 Å². The molecule has 8 aromatic rings. The first-order chi connectivity index (χ1) is 32.0. The van der Waals surface area contributed by atoms with Gasteiger partial charge in [0.15, 0.2) is 11.6 Å². The summed E-state index contributed by atoms with van der Waals surface area (Å²) in [6.45, 7) is 5.39. The van der Waals surface area contributed by atoms with Crippen molar-refractivity contribution in [2.75, 3.05) is 0 Å². The number of allylic oxidation sites excluding steroid dienone is 8. The molecule has 12 nitrogen and oxygen atoms in total. The molecule has 2 N–H and O–H groups in total. The van der Waals surface area contributed by atoms with Gasteiger partial charge in [-0.2, -0.15) is 12.4 Å². The molecule has 10 rings (SSSR count). The molecule has 0 saturated heterocycles. The van der Waals surface area contributed by atoms with Gasteiger partial charge in [-0.3, -0.25) is 19.6 Å². The SMILES string of the molecule is C1=C/C(=C(\c2ccc(-c3c[nH]c4ncccc34)cc2)c2ccc[n-]2)N=C1.C1=C/C(=C(\c2ccc(-c3c[nH]c4ncccc34)cc2)c2ccc[n-]2)N=C1.CC(=O)/C=C(/C)[O-].CC(=O)/C=C(/C)[O-].[Cu+2].[Cu+2]. The number of nitrogens with zero attached hydrogens (tertiary/aromatic N) is 6. The fourth-order valence-electron chi connectivity index (χ4n) is 7.24. The van der Waals surface area contributed by atoms with Gasteiger partial charge in [0.05, 0.1) is 11.4 Å². The molecule has 0 aliphatic carbocycles. The minimum Gasteiger partial charge on any atom is -0.876 e. The van der Waals surface area contributed by atoms with Crippen molar-refractivity contribution >= 4 is 57.2 Å². The Kier molecular flexibility index (Phi) is 18.5. The maximum absolute atomic E-state index is 9.98. The molecule has 0 spiro atoms. The average molecular weight is 996 g/mol. The van der Waals surface area contributed by atoms with Crippen LogP contribution in [0.25, 0.3) is 55.5 Å². The molecule has 2 aromatic carbocycles. The van der Waals surface area contributed by atoms with Gasteiger partial charge in [-0.25, -0.2) is 9.97 Å². The van der Waals surface area contributed by atoms with Gasteiger partial charge in [0.1, 0.15) is 11.3 Å². The molecule has 346 valence electrons. The second-order valence-corrected chi connectivity index (χ2v) is 14.9. The van der Waals surface area contributed by atoms with E-state index in [1.54, 1.807) is 12.4 Å². The van der Waals surface area contributed by atoms with E-state index >= 15 is 0 Å². The van der Waals surface area contributed by atoms with Gasteiger partial charge in [0.2, 0.25) is 0 Å². The molecule has 0 fully saturated rings. The van der Waals surface area contributed by atoms with Crippen molar-refractivity contribution in [1.82, 2.24) is 29.9 Å². The molecule has 0 saturated carbocycles. The first-order valence-corrected chi connectivity index (χ1v) is 20.9. The Labute approximate surface area is 414 Å². The maximum Gasteiger partial charge on any atom is 2.00 e. The maximum atomic E-state index is 9.98. The van der Waals surface area contributed by atoms with E-state index in [4.69, 9.17) is 0 Å². The van der Waals surface area contributed by atoms with Gasteiger partial charge in [0, 0.05) is 59.1 Å². The topological polar surface area (TPSA) is 191 Å². The van der Waals surface area contributed by atoms with Gasteiger partial charge in [-0.1, -0.05) is 86.6 Å². The first-order valence-electron chi connectivity index (χ1n) is 20.9. The van der Waals surface area contributed by atoms with E-state index in [1.807, 2.05) is 97.9 Å². The molecular weight excluding hydrogens is 952 g/mol. The minimum atomic E-state index is -0.187. The van der Waals surface area contributed by atoms with Crippen molar-refractivity contribution in [3.8, 4) is 22.3 Å². The zero-order chi connectivity index (χ0) is 46.4. The zero-order valence-corrected chi connectivity index (χ0v) is 39.1. The van der Waals surface area contributed by atoms with Crippen LogP contribution in [0.2, 0.25) is 0 Å². The van der Waals surface area contributed by atoms with Crippen LogP contribution < -0.4 is 20.2 Å². The molecular formula is C54H44Cu2N8O4. The Hall–Kier alpha value is -7.86. The number of carbonyl (C=O) groups excluding carboxylic acids is 2. The van der Waals surface area contributed by atoms with E-state index in [0.29, 0.717) is 0 Å². The van der Waals surface area contributed by atoms with Crippen molar-refractivity contribution < 1.29 is 53.9 Å². The number of fused-ring (bicyclic) bond motifs is 2. The molecule has 8 heterocycles. The summed E-state index contributed by atoms with van der Waals surface area (Å²) in [6, 6.07) is 33.1. The van der Waals surface area contributed by atoms with Crippen LogP contribution in [0.1, 0.15) is 50.2 Å². The van der Waals surface area contributed by atoms with Crippen molar-refractivity contribution in [2.24, 2.45) is 9.98 Å². The van der Waals surface area contributed by atoms with Crippen molar-refractivity contribution in [1.29, 1.82) is 0 Å². The third-order valence-corrected chi connectivity index (χ3v) is 9.92. The number of H-pyrrole nitrogens is 2. The summed E-state index contributed by atoms with van der Waals surface area (Å²) < 4.78 is 0. The quantitative estimate of drug-likeness (QED) is 0.0857. The second-order valence-electron chi connectivity index (χ2n) is 14.9. The normalized spacial score (nSPS) is 13.9. The van der Waals surface area contributed by atoms with Crippen LogP contribution in [-0.2, 0) is 43.7 Å². The molecule has 0 unspecified atom stereocenters. The van der Waals surface area contributed by atoms with Gasteiger partial charge in [-0.15, -0.1) is 22.9 Å². The predicted molar refractivity (Wildman–Crippen MR) is 259 cm³/mol. The smallest absolute Gasteiger partial charge is 0.876 e. The molecule has 68 heavy (non-hydrogen) atoms. The zero-order valence-electron chi connectivity index (χ0n) is 37.2. The van der Waals surface area contributed by atoms with Crippen LogP contribution in [0, 0.1) is 0 Å². The number of rotatable bonds is 8. The average Bonchev–Trinajstić information content (AvgIpc) is 4.17. The number of pyridine rings is 2. The summed E-state index contributed by atoms with van der Waals surface area (Å²) in [5.41, 5.74) is 14.5. The standard InChI is InChI=1S/2C22H15N4.2C5H8O2.2Cu/c2*1-4-17-18(14-26-22(17)25-13-1)15-7-9-16(10-8-15)21(19-5-2-11-23-19)20-6-3-12-24-20;2*1-4(6)3-5(2)7;;/h2*1-14H,(H,25,26);2*3,6H,1-2H3;;/q2*-1;;;2*+2/p-2/b2*21-19-;2*4-3-;;. The first kappa shape index (κ1) is 51.1. The molecule has 2 radical (unpaired) electrons.